The molecule has 0 aromatic rings. The van der Waals surface area contributed by atoms with Crippen molar-refractivity contribution in [2.24, 2.45) is 5.92 Å². The van der Waals surface area contributed by atoms with Crippen molar-refractivity contribution in [2.45, 2.75) is 374 Å². The monoisotopic (exact) mass is 989 g/mol. The third kappa shape index (κ3) is 57.3. The predicted octanol–water partition coefficient (Wildman–Crippen LogP) is 21.4. The third-order valence-electron chi connectivity index (χ3n) is 14.8. The number of carbonyl (C=O) groups excluding carboxylic acids is 3. The average Bonchev–Trinajstić information content (AvgIpc) is 3.35. The largest absolute Gasteiger partial charge is 0.462 e. The number of unbranched alkanes of at least 4 members (excludes halogenated alkanes) is 46. The molecule has 0 rings (SSSR count). The zero-order valence-corrected chi connectivity index (χ0v) is 48.0. The van der Waals surface area contributed by atoms with E-state index in [0.717, 1.165) is 63.7 Å². The van der Waals surface area contributed by atoms with Gasteiger partial charge in [0, 0.05) is 19.3 Å². The van der Waals surface area contributed by atoms with Crippen LogP contribution in [0, 0.1) is 5.92 Å². The molecule has 0 amide bonds. The molecule has 0 radical (unpaired) electrons. The molecule has 0 aromatic carbocycles. The van der Waals surface area contributed by atoms with Gasteiger partial charge < -0.3 is 14.2 Å². The van der Waals surface area contributed by atoms with Crippen LogP contribution < -0.4 is 0 Å². The molecular formula is C64H124O6. The molecule has 0 spiro atoms. The molecule has 0 aliphatic rings. The van der Waals surface area contributed by atoms with Gasteiger partial charge in [0.2, 0.25) is 0 Å². The summed E-state index contributed by atoms with van der Waals surface area (Å²) in [6, 6.07) is 0. The molecule has 0 heterocycles. The van der Waals surface area contributed by atoms with E-state index in [1.54, 1.807) is 0 Å². The van der Waals surface area contributed by atoms with Crippen molar-refractivity contribution >= 4 is 17.9 Å². The summed E-state index contributed by atoms with van der Waals surface area (Å²) in [4.78, 5) is 38.3. The van der Waals surface area contributed by atoms with Crippen LogP contribution in [0.5, 0.6) is 0 Å². The topological polar surface area (TPSA) is 78.9 Å². The second-order valence-electron chi connectivity index (χ2n) is 22.5. The van der Waals surface area contributed by atoms with Crippen LogP contribution in [0.15, 0.2) is 0 Å². The molecule has 0 saturated carbocycles. The highest BCUT2D eigenvalue weighted by atomic mass is 16.6. The van der Waals surface area contributed by atoms with Crippen molar-refractivity contribution in [1.29, 1.82) is 0 Å². The van der Waals surface area contributed by atoms with Crippen LogP contribution in [0.1, 0.15) is 368 Å². The number of ether oxygens (including phenoxy) is 3. The molecule has 1 atom stereocenters. The quantitative estimate of drug-likeness (QED) is 0.0343. The van der Waals surface area contributed by atoms with E-state index in [4.69, 9.17) is 14.2 Å². The minimum Gasteiger partial charge on any atom is -0.462 e. The zero-order valence-electron chi connectivity index (χ0n) is 48.0. The minimum atomic E-state index is -0.763. The van der Waals surface area contributed by atoms with Gasteiger partial charge in [0.25, 0.3) is 0 Å². The van der Waals surface area contributed by atoms with Crippen LogP contribution >= 0.6 is 0 Å². The van der Waals surface area contributed by atoms with Crippen molar-refractivity contribution in [3.05, 3.63) is 0 Å². The highest BCUT2D eigenvalue weighted by Gasteiger charge is 2.19. The second kappa shape index (κ2) is 58.3. The molecule has 0 fully saturated rings. The zero-order chi connectivity index (χ0) is 50.9. The highest BCUT2D eigenvalue weighted by molar-refractivity contribution is 5.71. The van der Waals surface area contributed by atoms with Crippen molar-refractivity contribution < 1.29 is 28.6 Å². The van der Waals surface area contributed by atoms with Crippen molar-refractivity contribution in [3.8, 4) is 0 Å². The standard InChI is InChI=1S/C64H124O6/c1-5-7-9-11-13-15-17-19-21-23-25-27-29-31-35-39-43-47-51-55-62(65)68-58-61(59-69-63(66)56-52-48-44-40-37-33-34-38-42-46-50-54-60(3)4)70-64(67)57-53-49-45-41-36-32-30-28-26-24-22-20-18-16-14-12-10-8-6-2/h60-61H,5-59H2,1-4H3/t61-/m1/s1. The normalized spacial score (nSPS) is 12.0. The fraction of sp³-hybridized carbons (Fsp3) is 0.953. The predicted molar refractivity (Wildman–Crippen MR) is 303 cm³/mol. The van der Waals surface area contributed by atoms with E-state index in [9.17, 15) is 14.4 Å². The van der Waals surface area contributed by atoms with Gasteiger partial charge in [-0.1, -0.05) is 329 Å². The summed E-state index contributed by atoms with van der Waals surface area (Å²) < 4.78 is 17.0. The van der Waals surface area contributed by atoms with Crippen molar-refractivity contribution in [1.82, 2.24) is 0 Å². The number of hydrogen-bond acceptors (Lipinski definition) is 6. The SMILES string of the molecule is CCCCCCCCCCCCCCCCCCCCCC(=O)OC[C@H](COC(=O)CCCCCCCCCCCCCC(C)C)OC(=O)CCCCCCCCCCCCCCCCCCCCC. The molecule has 6 heteroatoms. The molecule has 6 nitrogen and oxygen atoms in total. The van der Waals surface area contributed by atoms with E-state index in [-0.39, 0.29) is 31.1 Å². The molecule has 0 saturated heterocycles. The van der Waals surface area contributed by atoms with Gasteiger partial charge >= 0.3 is 17.9 Å². The summed E-state index contributed by atoms with van der Waals surface area (Å²) in [5, 5.41) is 0. The van der Waals surface area contributed by atoms with Gasteiger partial charge in [0.1, 0.15) is 13.2 Å². The number of carbonyl (C=O) groups is 3. The maximum absolute atomic E-state index is 12.9. The lowest BCUT2D eigenvalue weighted by atomic mass is 10.0. The van der Waals surface area contributed by atoms with Gasteiger partial charge in [-0.2, -0.15) is 0 Å². The van der Waals surface area contributed by atoms with E-state index in [0.29, 0.717) is 19.3 Å². The Balaban J connectivity index is 4.27. The molecule has 0 aromatic heterocycles. The van der Waals surface area contributed by atoms with Crippen LogP contribution in [0.2, 0.25) is 0 Å². The number of esters is 3. The average molecular weight is 990 g/mol. The Morgan fingerprint density at radius 2 is 0.471 bits per heavy atom. The Morgan fingerprint density at radius 3 is 0.700 bits per heavy atom. The summed E-state index contributed by atoms with van der Waals surface area (Å²) in [6.07, 6.45) is 65.4. The van der Waals surface area contributed by atoms with Gasteiger partial charge in [0.15, 0.2) is 6.10 Å². The molecule has 416 valence electrons. The van der Waals surface area contributed by atoms with Gasteiger partial charge in [-0.25, -0.2) is 0 Å². The second-order valence-corrected chi connectivity index (χ2v) is 22.5. The van der Waals surface area contributed by atoms with Crippen molar-refractivity contribution in [2.75, 3.05) is 13.2 Å². The molecule has 70 heavy (non-hydrogen) atoms. The van der Waals surface area contributed by atoms with E-state index in [1.807, 2.05) is 0 Å². The Kier molecular flexibility index (Phi) is 57.0. The molecule has 0 unspecified atom stereocenters. The first-order valence-electron chi connectivity index (χ1n) is 31.9. The summed E-state index contributed by atoms with van der Waals surface area (Å²) in [5.74, 6) is -0.00250. The van der Waals surface area contributed by atoms with Gasteiger partial charge in [-0.15, -0.1) is 0 Å². The third-order valence-corrected chi connectivity index (χ3v) is 14.8. The van der Waals surface area contributed by atoms with Crippen LogP contribution in [0.4, 0.5) is 0 Å². The maximum atomic E-state index is 12.9. The van der Waals surface area contributed by atoms with Crippen LogP contribution in [0.25, 0.3) is 0 Å². The van der Waals surface area contributed by atoms with Gasteiger partial charge in [-0.3, -0.25) is 14.4 Å². The van der Waals surface area contributed by atoms with Gasteiger partial charge in [0.05, 0.1) is 0 Å². The lowest BCUT2D eigenvalue weighted by Crippen LogP contribution is -2.30. The first-order chi connectivity index (χ1) is 34.4. The molecule has 0 aliphatic heterocycles. The van der Waals surface area contributed by atoms with E-state index >= 15 is 0 Å². The molecule has 0 N–H and O–H groups in total. The molecular weight excluding hydrogens is 865 g/mol. The van der Waals surface area contributed by atoms with Crippen LogP contribution in [-0.4, -0.2) is 37.2 Å². The lowest BCUT2D eigenvalue weighted by molar-refractivity contribution is -0.167. The van der Waals surface area contributed by atoms with Crippen LogP contribution in [0.3, 0.4) is 0 Å². The minimum absolute atomic E-state index is 0.0614. The van der Waals surface area contributed by atoms with E-state index in [2.05, 4.69) is 27.7 Å². The highest BCUT2D eigenvalue weighted by Crippen LogP contribution is 2.19. The summed E-state index contributed by atoms with van der Waals surface area (Å²) >= 11 is 0. The van der Waals surface area contributed by atoms with Crippen molar-refractivity contribution in [3.63, 3.8) is 0 Å². The fourth-order valence-corrected chi connectivity index (χ4v) is 9.99. The lowest BCUT2D eigenvalue weighted by Gasteiger charge is -2.18. The summed E-state index contributed by atoms with van der Waals surface area (Å²) in [7, 11) is 0. The first-order valence-corrected chi connectivity index (χ1v) is 31.9. The van der Waals surface area contributed by atoms with Gasteiger partial charge in [-0.05, 0) is 25.2 Å². The number of rotatable bonds is 59. The maximum Gasteiger partial charge on any atom is 0.306 e. The van der Waals surface area contributed by atoms with E-state index in [1.165, 1.54) is 263 Å². The Hall–Kier alpha value is -1.59. The molecule has 0 aliphatic carbocycles. The number of hydrogen-bond donors (Lipinski definition) is 0. The fourth-order valence-electron chi connectivity index (χ4n) is 9.99. The van der Waals surface area contributed by atoms with Crippen LogP contribution in [-0.2, 0) is 28.6 Å². The smallest absolute Gasteiger partial charge is 0.306 e. The Morgan fingerprint density at radius 1 is 0.271 bits per heavy atom. The summed E-state index contributed by atoms with van der Waals surface area (Å²) in [6.45, 7) is 9.08. The Bertz CT molecular complexity index is 1060. The summed E-state index contributed by atoms with van der Waals surface area (Å²) in [5.41, 5.74) is 0. The van der Waals surface area contributed by atoms with E-state index < -0.39 is 6.10 Å². The first kappa shape index (κ1) is 68.4. The Labute approximate surface area is 438 Å². The molecule has 0 bridgehead atoms.